The highest BCUT2D eigenvalue weighted by molar-refractivity contribution is 5.92. The van der Waals surface area contributed by atoms with Crippen LogP contribution in [0.1, 0.15) is 36.7 Å². The number of anilines is 1. The van der Waals surface area contributed by atoms with E-state index in [0.717, 1.165) is 19.4 Å². The molecule has 2 heterocycles. The molecule has 2 amide bonds. The third-order valence-electron chi connectivity index (χ3n) is 3.72. The first kappa shape index (κ1) is 16.2. The van der Waals surface area contributed by atoms with Crippen molar-refractivity contribution in [3.8, 4) is 0 Å². The fraction of sp³-hybridized carbons (Fsp3) is 0.600. The van der Waals surface area contributed by atoms with Crippen molar-refractivity contribution in [3.63, 3.8) is 0 Å². The largest absolute Gasteiger partial charge is 0.369 e. The Kier molecular flexibility index (Phi) is 6.12. The number of nitrogens with one attached hydrogen (secondary N) is 1. The Morgan fingerprint density at radius 1 is 1.23 bits per heavy atom. The van der Waals surface area contributed by atoms with E-state index in [-0.39, 0.29) is 5.91 Å². The molecule has 1 aliphatic heterocycles. The summed E-state index contributed by atoms with van der Waals surface area (Å²) in [6.45, 7) is 5.24. The van der Waals surface area contributed by atoms with Gasteiger partial charge >= 0.3 is 0 Å². The Hall–Kier alpha value is -2.18. The topological polar surface area (TPSA) is 78.4 Å². The summed E-state index contributed by atoms with van der Waals surface area (Å²) in [5.74, 6) is 0.564. The van der Waals surface area contributed by atoms with E-state index >= 15 is 0 Å². The summed E-state index contributed by atoms with van der Waals surface area (Å²) < 4.78 is 0. The zero-order chi connectivity index (χ0) is 15.8. The van der Waals surface area contributed by atoms with Crippen LogP contribution < -0.4 is 5.32 Å². The Bertz CT molecular complexity index is 483. The van der Waals surface area contributed by atoms with Crippen molar-refractivity contribution >= 4 is 18.1 Å². The average molecular weight is 305 g/mol. The summed E-state index contributed by atoms with van der Waals surface area (Å²) in [7, 11) is 0. The Morgan fingerprint density at radius 3 is 2.59 bits per heavy atom. The minimum absolute atomic E-state index is 0.129. The summed E-state index contributed by atoms with van der Waals surface area (Å²) >= 11 is 0. The van der Waals surface area contributed by atoms with Crippen LogP contribution in [0.2, 0.25) is 0 Å². The van der Waals surface area contributed by atoms with Gasteiger partial charge in [-0.25, -0.2) is 0 Å². The van der Waals surface area contributed by atoms with Crippen molar-refractivity contribution in [2.24, 2.45) is 0 Å². The smallest absolute Gasteiger partial charge is 0.274 e. The van der Waals surface area contributed by atoms with Crippen molar-refractivity contribution in [2.45, 2.75) is 26.2 Å². The number of piperazine rings is 1. The van der Waals surface area contributed by atoms with E-state index in [1.54, 1.807) is 21.9 Å². The molecule has 0 bridgehead atoms. The quantitative estimate of drug-likeness (QED) is 0.600. The molecule has 1 aromatic rings. The van der Waals surface area contributed by atoms with E-state index < -0.39 is 0 Å². The van der Waals surface area contributed by atoms with Crippen LogP contribution in [0.15, 0.2) is 12.1 Å². The van der Waals surface area contributed by atoms with Crippen LogP contribution in [0, 0.1) is 0 Å². The first-order valence-electron chi connectivity index (χ1n) is 7.81. The number of hydrogen-bond acceptors (Lipinski definition) is 5. The van der Waals surface area contributed by atoms with Crippen LogP contribution in [0.25, 0.3) is 0 Å². The van der Waals surface area contributed by atoms with E-state index in [2.05, 4.69) is 22.4 Å². The summed E-state index contributed by atoms with van der Waals surface area (Å²) in [5.41, 5.74) is 0.346. The molecule has 0 aliphatic carbocycles. The molecule has 0 saturated carbocycles. The third kappa shape index (κ3) is 4.41. The van der Waals surface area contributed by atoms with Gasteiger partial charge in [-0.2, -0.15) is 0 Å². The monoisotopic (exact) mass is 305 g/mol. The molecule has 0 spiro atoms. The van der Waals surface area contributed by atoms with E-state index in [1.165, 1.54) is 12.8 Å². The van der Waals surface area contributed by atoms with Gasteiger partial charge in [0.05, 0.1) is 0 Å². The molecule has 1 fully saturated rings. The number of rotatable bonds is 7. The predicted molar refractivity (Wildman–Crippen MR) is 83.6 cm³/mol. The molecule has 2 rings (SSSR count). The van der Waals surface area contributed by atoms with Crippen LogP contribution >= 0.6 is 0 Å². The maximum atomic E-state index is 12.3. The number of nitrogens with zero attached hydrogens (tertiary/aromatic N) is 4. The Labute approximate surface area is 130 Å². The fourth-order valence-corrected chi connectivity index (χ4v) is 2.32. The molecule has 7 nitrogen and oxygen atoms in total. The summed E-state index contributed by atoms with van der Waals surface area (Å²) in [6.07, 6.45) is 4.28. The predicted octanol–water partition coefficient (Wildman–Crippen LogP) is 0.993. The maximum absolute atomic E-state index is 12.3. The zero-order valence-corrected chi connectivity index (χ0v) is 13.0. The Balaban J connectivity index is 1.84. The number of aromatic nitrogens is 2. The van der Waals surface area contributed by atoms with Gasteiger partial charge in [-0.15, -0.1) is 10.2 Å². The van der Waals surface area contributed by atoms with Crippen molar-refractivity contribution in [2.75, 3.05) is 38.0 Å². The lowest BCUT2D eigenvalue weighted by atomic mass is 10.2. The van der Waals surface area contributed by atoms with E-state index in [1.807, 2.05) is 0 Å². The number of amides is 2. The molecular formula is C15H23N5O2. The summed E-state index contributed by atoms with van der Waals surface area (Å²) in [6, 6.07) is 3.48. The number of carbonyl (C=O) groups is 2. The number of unbranched alkanes of at least 4 members (excludes halogenated alkanes) is 2. The first-order valence-corrected chi connectivity index (χ1v) is 7.81. The SMILES string of the molecule is CCCCCNc1ccc(C(=O)N2CCN(C=O)CC2)nn1. The highest BCUT2D eigenvalue weighted by atomic mass is 16.2. The van der Waals surface area contributed by atoms with Crippen LogP contribution in [0.3, 0.4) is 0 Å². The molecule has 1 N–H and O–H groups in total. The van der Waals surface area contributed by atoms with Gasteiger partial charge in [0.25, 0.3) is 5.91 Å². The van der Waals surface area contributed by atoms with Crippen molar-refractivity contribution in [1.82, 2.24) is 20.0 Å². The van der Waals surface area contributed by atoms with Gasteiger partial charge in [0, 0.05) is 32.7 Å². The molecule has 0 unspecified atom stereocenters. The minimum Gasteiger partial charge on any atom is -0.369 e. The Morgan fingerprint density at radius 2 is 2.00 bits per heavy atom. The van der Waals surface area contributed by atoms with Gasteiger partial charge in [0.1, 0.15) is 5.82 Å². The molecule has 120 valence electrons. The van der Waals surface area contributed by atoms with Crippen LogP contribution in [-0.2, 0) is 4.79 Å². The first-order chi connectivity index (χ1) is 10.7. The molecule has 0 radical (unpaired) electrons. The lowest BCUT2D eigenvalue weighted by Crippen LogP contribution is -2.48. The molecule has 22 heavy (non-hydrogen) atoms. The highest BCUT2D eigenvalue weighted by Gasteiger charge is 2.22. The molecule has 1 saturated heterocycles. The van der Waals surface area contributed by atoms with Gasteiger partial charge in [0.15, 0.2) is 5.69 Å². The lowest BCUT2D eigenvalue weighted by Gasteiger charge is -2.32. The van der Waals surface area contributed by atoms with E-state index in [4.69, 9.17) is 0 Å². The fourth-order valence-electron chi connectivity index (χ4n) is 2.32. The minimum atomic E-state index is -0.129. The zero-order valence-electron chi connectivity index (χ0n) is 13.0. The van der Waals surface area contributed by atoms with E-state index in [9.17, 15) is 9.59 Å². The van der Waals surface area contributed by atoms with Crippen LogP contribution in [0.4, 0.5) is 5.82 Å². The molecule has 1 aromatic heterocycles. The van der Waals surface area contributed by atoms with Gasteiger partial charge in [-0.1, -0.05) is 19.8 Å². The van der Waals surface area contributed by atoms with Gasteiger partial charge in [-0.05, 0) is 18.6 Å². The van der Waals surface area contributed by atoms with Gasteiger partial charge < -0.3 is 15.1 Å². The third-order valence-corrected chi connectivity index (χ3v) is 3.72. The molecule has 0 aromatic carbocycles. The molecule has 0 atom stereocenters. The van der Waals surface area contributed by atoms with Crippen molar-refractivity contribution in [1.29, 1.82) is 0 Å². The van der Waals surface area contributed by atoms with Crippen molar-refractivity contribution < 1.29 is 9.59 Å². The summed E-state index contributed by atoms with van der Waals surface area (Å²) in [4.78, 5) is 26.3. The lowest BCUT2D eigenvalue weighted by molar-refractivity contribution is -0.119. The second-order valence-electron chi connectivity index (χ2n) is 5.37. The number of hydrogen-bond donors (Lipinski definition) is 1. The highest BCUT2D eigenvalue weighted by Crippen LogP contribution is 2.08. The van der Waals surface area contributed by atoms with Crippen LogP contribution in [-0.4, -0.2) is 65.0 Å². The van der Waals surface area contributed by atoms with Crippen LogP contribution in [0.5, 0.6) is 0 Å². The standard InChI is InChI=1S/C15H23N5O2/c1-2-3-4-7-16-14-6-5-13(17-18-14)15(22)20-10-8-19(12-21)9-11-20/h5-6,12H,2-4,7-11H2,1H3,(H,16,18). The van der Waals surface area contributed by atoms with Crippen molar-refractivity contribution in [3.05, 3.63) is 17.8 Å². The molecule has 1 aliphatic rings. The molecular weight excluding hydrogens is 282 g/mol. The van der Waals surface area contributed by atoms with Gasteiger partial charge in [0.2, 0.25) is 6.41 Å². The molecule has 7 heteroatoms. The second-order valence-corrected chi connectivity index (χ2v) is 5.37. The summed E-state index contributed by atoms with van der Waals surface area (Å²) in [5, 5.41) is 11.2. The number of carbonyl (C=O) groups excluding carboxylic acids is 2. The normalized spacial score (nSPS) is 14.8. The maximum Gasteiger partial charge on any atom is 0.274 e. The second kappa shape index (κ2) is 8.31. The average Bonchev–Trinajstić information content (AvgIpc) is 2.59. The van der Waals surface area contributed by atoms with Gasteiger partial charge in [-0.3, -0.25) is 9.59 Å². The van der Waals surface area contributed by atoms with E-state index in [0.29, 0.717) is 37.7 Å².